The summed E-state index contributed by atoms with van der Waals surface area (Å²) in [5, 5.41) is 6.25. The van der Waals surface area contributed by atoms with Gasteiger partial charge >= 0.3 is 0 Å². The third kappa shape index (κ3) is 7.52. The van der Waals surface area contributed by atoms with Crippen molar-refractivity contribution in [3.8, 4) is 0 Å². The molecule has 0 aliphatic carbocycles. The number of unbranched alkanes of at least 4 members (excludes halogenated alkanes) is 3. The van der Waals surface area contributed by atoms with E-state index < -0.39 is 0 Å². The lowest BCUT2D eigenvalue weighted by Gasteiger charge is -1.99. The van der Waals surface area contributed by atoms with Crippen LogP contribution in [0.3, 0.4) is 0 Å². The Hall–Kier alpha value is -1.36. The van der Waals surface area contributed by atoms with Crippen LogP contribution in [0.25, 0.3) is 0 Å². The molecule has 0 amide bonds. The summed E-state index contributed by atoms with van der Waals surface area (Å²) in [5.74, 6) is 0. The molecule has 0 bridgehead atoms. The predicted octanol–water partition coefficient (Wildman–Crippen LogP) is 3.60. The molecule has 1 heterocycles. The minimum absolute atomic E-state index is 1.17. The van der Waals surface area contributed by atoms with Crippen molar-refractivity contribution in [3.63, 3.8) is 0 Å². The second kappa shape index (κ2) is 11.1. The monoisotopic (exact) mass is 232 g/mol. The van der Waals surface area contributed by atoms with E-state index in [0.717, 1.165) is 0 Å². The Kier molecular flexibility index (Phi) is 10.2. The average Bonchev–Trinajstić information content (AvgIpc) is 2.40. The molecule has 0 saturated carbocycles. The summed E-state index contributed by atoms with van der Waals surface area (Å²) in [4.78, 5) is 0. The van der Waals surface area contributed by atoms with Crippen LogP contribution in [0.4, 0.5) is 0 Å². The quantitative estimate of drug-likeness (QED) is 0.401. The van der Waals surface area contributed by atoms with Gasteiger partial charge in [-0.05, 0) is 24.8 Å². The molecular formula is C15H24N2. The van der Waals surface area contributed by atoms with Crippen LogP contribution >= 0.6 is 0 Å². The largest absolute Gasteiger partial charge is 0.512 e. The number of pyridine rings is 1. The zero-order chi connectivity index (χ0) is 12.9. The molecule has 0 aliphatic rings. The molecule has 0 aliphatic heterocycles. The lowest BCUT2D eigenvalue weighted by Crippen LogP contribution is -2.32. The van der Waals surface area contributed by atoms with Gasteiger partial charge in [0.25, 0.3) is 0 Å². The van der Waals surface area contributed by atoms with Crippen molar-refractivity contribution in [2.45, 2.75) is 58.9 Å². The zero-order valence-corrected chi connectivity index (χ0v) is 11.2. The average molecular weight is 232 g/mol. The summed E-state index contributed by atoms with van der Waals surface area (Å²) in [6.45, 7) is 10.4. The molecule has 1 aromatic heterocycles. The molecule has 0 saturated heterocycles. The first-order valence-electron chi connectivity index (χ1n) is 6.57. The number of hydrogen-bond acceptors (Lipinski definition) is 1. The van der Waals surface area contributed by atoms with E-state index in [1.165, 1.54) is 50.6 Å². The fourth-order valence-electron chi connectivity index (χ4n) is 1.73. The van der Waals surface area contributed by atoms with Gasteiger partial charge in [-0.3, -0.25) is 0 Å². The van der Waals surface area contributed by atoms with Crippen LogP contribution in [-0.4, -0.2) is 0 Å². The van der Waals surface area contributed by atoms with E-state index in [4.69, 9.17) is 11.8 Å². The summed E-state index contributed by atoms with van der Waals surface area (Å²) in [5.41, 5.74) is 1.48. The van der Waals surface area contributed by atoms with E-state index in [0.29, 0.717) is 0 Å². The first-order valence-corrected chi connectivity index (χ1v) is 6.57. The highest BCUT2D eigenvalue weighted by Crippen LogP contribution is 2.02. The number of hydrogen-bond donors (Lipinski definition) is 0. The van der Waals surface area contributed by atoms with Crippen LogP contribution in [0.15, 0.2) is 24.5 Å². The van der Waals surface area contributed by atoms with E-state index in [-0.39, 0.29) is 0 Å². The van der Waals surface area contributed by atoms with Crippen LogP contribution in [0.2, 0.25) is 0 Å². The molecule has 0 atom stereocenters. The maximum atomic E-state index is 6.25. The fraction of sp³-hybridized carbons (Fsp3) is 0.600. The standard InChI is InChI=1S/C14H24N.CN/c1-3-5-7-11-15-12-9-14(10-13-15)8-6-4-2;1-2/h9-10,12-13H,3-8,11H2,1-2H3;/q+1;-1. The topological polar surface area (TPSA) is 27.7 Å². The van der Waals surface area contributed by atoms with E-state index in [1.54, 1.807) is 0 Å². The van der Waals surface area contributed by atoms with E-state index in [2.05, 4.69) is 42.9 Å². The second-order valence-corrected chi connectivity index (χ2v) is 4.25. The second-order valence-electron chi connectivity index (χ2n) is 4.25. The molecule has 1 aromatic rings. The number of aromatic nitrogens is 1. The van der Waals surface area contributed by atoms with Gasteiger partial charge in [0.2, 0.25) is 0 Å². The molecule has 0 fully saturated rings. The maximum Gasteiger partial charge on any atom is 0.169 e. The van der Waals surface area contributed by atoms with Gasteiger partial charge in [0, 0.05) is 18.6 Å². The van der Waals surface area contributed by atoms with Crippen molar-refractivity contribution < 1.29 is 4.57 Å². The van der Waals surface area contributed by atoms with Crippen molar-refractivity contribution in [1.29, 1.82) is 5.26 Å². The first kappa shape index (κ1) is 15.6. The molecule has 0 aromatic carbocycles. The SMILES string of the molecule is CCCCC[n+]1ccc(CCCC)cc1.[C-]#N. The van der Waals surface area contributed by atoms with Gasteiger partial charge in [0.05, 0.1) is 0 Å². The smallest absolute Gasteiger partial charge is 0.169 e. The Balaban J connectivity index is 0.00000121. The molecule has 0 unspecified atom stereocenters. The molecule has 94 valence electrons. The molecule has 2 heteroatoms. The van der Waals surface area contributed by atoms with Crippen LogP contribution in [0.5, 0.6) is 0 Å². The van der Waals surface area contributed by atoms with Gasteiger partial charge in [-0.25, -0.2) is 4.57 Å². The summed E-state index contributed by atoms with van der Waals surface area (Å²) in [6, 6.07) is 4.53. The summed E-state index contributed by atoms with van der Waals surface area (Å²) >= 11 is 0. The maximum absolute atomic E-state index is 6.25. The lowest BCUT2D eigenvalue weighted by atomic mass is 10.1. The van der Waals surface area contributed by atoms with Gasteiger partial charge in [0.1, 0.15) is 6.54 Å². The Morgan fingerprint density at radius 3 is 2.12 bits per heavy atom. The fourth-order valence-corrected chi connectivity index (χ4v) is 1.73. The van der Waals surface area contributed by atoms with Crippen molar-refractivity contribution in [3.05, 3.63) is 36.7 Å². The molecule has 0 N–H and O–H groups in total. The third-order valence-electron chi connectivity index (χ3n) is 2.80. The highest BCUT2D eigenvalue weighted by Gasteiger charge is 1.99. The van der Waals surface area contributed by atoms with Crippen LogP contribution < -0.4 is 4.57 Å². The summed E-state index contributed by atoms with van der Waals surface area (Å²) in [7, 11) is 0. The Bertz CT molecular complexity index is 288. The minimum atomic E-state index is 1.17. The molecule has 0 radical (unpaired) electrons. The molecule has 17 heavy (non-hydrogen) atoms. The Labute approximate surface area is 106 Å². The minimum Gasteiger partial charge on any atom is -0.512 e. The van der Waals surface area contributed by atoms with Crippen molar-refractivity contribution >= 4 is 0 Å². The lowest BCUT2D eigenvalue weighted by molar-refractivity contribution is -0.697. The highest BCUT2D eigenvalue weighted by atomic mass is 14.9. The van der Waals surface area contributed by atoms with Crippen LogP contribution in [0, 0.1) is 11.8 Å². The van der Waals surface area contributed by atoms with E-state index >= 15 is 0 Å². The number of nitrogens with zero attached hydrogens (tertiary/aromatic N) is 2. The summed E-state index contributed by atoms with van der Waals surface area (Å²) in [6.07, 6.45) is 12.2. The Morgan fingerprint density at radius 2 is 1.59 bits per heavy atom. The zero-order valence-electron chi connectivity index (χ0n) is 11.2. The number of rotatable bonds is 7. The summed E-state index contributed by atoms with van der Waals surface area (Å²) < 4.78 is 2.30. The Morgan fingerprint density at radius 1 is 1.00 bits per heavy atom. The van der Waals surface area contributed by atoms with Gasteiger partial charge < -0.3 is 11.8 Å². The molecule has 2 nitrogen and oxygen atoms in total. The van der Waals surface area contributed by atoms with Crippen LogP contribution in [0.1, 0.15) is 51.5 Å². The van der Waals surface area contributed by atoms with Gasteiger partial charge in [-0.15, -0.1) is 0 Å². The van der Waals surface area contributed by atoms with Crippen molar-refractivity contribution in [2.24, 2.45) is 0 Å². The third-order valence-corrected chi connectivity index (χ3v) is 2.80. The van der Waals surface area contributed by atoms with Crippen molar-refractivity contribution in [2.75, 3.05) is 0 Å². The van der Waals surface area contributed by atoms with Crippen LogP contribution in [-0.2, 0) is 13.0 Å². The first-order chi connectivity index (χ1) is 8.36. The van der Waals surface area contributed by atoms with E-state index in [1.807, 2.05) is 0 Å². The van der Waals surface area contributed by atoms with E-state index in [9.17, 15) is 0 Å². The van der Waals surface area contributed by atoms with Gasteiger partial charge in [0.15, 0.2) is 12.4 Å². The normalized spacial score (nSPS) is 9.41. The number of aryl methyl sites for hydroxylation is 2. The predicted molar refractivity (Wildman–Crippen MR) is 69.7 cm³/mol. The van der Waals surface area contributed by atoms with Gasteiger partial charge in [-0.2, -0.15) is 0 Å². The molecule has 1 rings (SSSR count). The van der Waals surface area contributed by atoms with Crippen molar-refractivity contribution in [1.82, 2.24) is 0 Å². The van der Waals surface area contributed by atoms with Gasteiger partial charge in [-0.1, -0.05) is 26.7 Å². The molecule has 0 spiro atoms. The highest BCUT2D eigenvalue weighted by molar-refractivity contribution is 5.06. The molecular weight excluding hydrogens is 208 g/mol.